The van der Waals surface area contributed by atoms with Gasteiger partial charge in [0.2, 0.25) is 0 Å². The van der Waals surface area contributed by atoms with Crippen LogP contribution in [0.25, 0.3) is 0 Å². The van der Waals surface area contributed by atoms with Gasteiger partial charge in [0.05, 0.1) is 0 Å². The largest absolute Gasteiger partial charge is 0.313 e. The Morgan fingerprint density at radius 3 is 2.50 bits per heavy atom. The summed E-state index contributed by atoms with van der Waals surface area (Å²) in [5.41, 5.74) is 1.90. The zero-order valence-electron chi connectivity index (χ0n) is 9.78. The maximum Gasteiger partial charge on any atom is 0.0270 e. The fourth-order valence-corrected chi connectivity index (χ4v) is 2.95. The van der Waals surface area contributed by atoms with Gasteiger partial charge < -0.3 is 5.32 Å². The van der Waals surface area contributed by atoms with E-state index in [1.807, 2.05) is 12.4 Å². The van der Waals surface area contributed by atoms with Crippen molar-refractivity contribution in [3.8, 4) is 0 Å². The van der Waals surface area contributed by atoms with Crippen LogP contribution in [0.5, 0.6) is 0 Å². The molecule has 0 aliphatic heterocycles. The first kappa shape index (κ1) is 10.3. The second-order valence-electron chi connectivity index (χ2n) is 5.38. The number of nitrogens with zero attached hydrogens (tertiary/aromatic N) is 1. The summed E-state index contributed by atoms with van der Waals surface area (Å²) in [5, 5.41) is 3.72. The fourth-order valence-electron chi connectivity index (χ4n) is 2.95. The molecule has 2 heteroatoms. The van der Waals surface area contributed by atoms with Crippen molar-refractivity contribution in [3.63, 3.8) is 0 Å². The third-order valence-electron chi connectivity index (χ3n) is 4.16. The maximum absolute atomic E-state index is 4.14. The minimum atomic E-state index is 0.408. The second-order valence-corrected chi connectivity index (χ2v) is 5.38. The molecule has 0 saturated heterocycles. The van der Waals surface area contributed by atoms with Crippen molar-refractivity contribution in [3.05, 3.63) is 30.1 Å². The Morgan fingerprint density at radius 2 is 1.88 bits per heavy atom. The summed E-state index contributed by atoms with van der Waals surface area (Å²) < 4.78 is 0. The fraction of sp³-hybridized carbons (Fsp3) is 0.643. The first-order valence-corrected chi connectivity index (χ1v) is 6.53. The molecule has 0 unspecified atom stereocenters. The highest BCUT2D eigenvalue weighted by molar-refractivity contribution is 5.25. The van der Waals surface area contributed by atoms with E-state index < -0.39 is 0 Å². The first-order chi connectivity index (χ1) is 7.89. The summed E-state index contributed by atoms with van der Waals surface area (Å²) >= 11 is 0. The predicted molar refractivity (Wildman–Crippen MR) is 65.4 cm³/mol. The molecule has 0 aromatic carbocycles. The molecule has 2 saturated carbocycles. The quantitative estimate of drug-likeness (QED) is 0.837. The molecule has 2 aliphatic carbocycles. The molecule has 16 heavy (non-hydrogen) atoms. The molecular formula is C14H20N2. The van der Waals surface area contributed by atoms with Crippen LogP contribution in [0, 0.1) is 0 Å². The maximum atomic E-state index is 4.14. The molecule has 0 atom stereocenters. The highest BCUT2D eigenvalue weighted by atomic mass is 15.0. The van der Waals surface area contributed by atoms with Crippen LogP contribution in [0.1, 0.15) is 44.1 Å². The molecule has 1 aromatic heterocycles. The van der Waals surface area contributed by atoms with Gasteiger partial charge >= 0.3 is 0 Å². The van der Waals surface area contributed by atoms with E-state index in [4.69, 9.17) is 0 Å². The van der Waals surface area contributed by atoms with E-state index in [0.29, 0.717) is 5.41 Å². The van der Waals surface area contributed by atoms with Crippen LogP contribution in [0.4, 0.5) is 0 Å². The Kier molecular flexibility index (Phi) is 2.68. The smallest absolute Gasteiger partial charge is 0.0270 e. The Morgan fingerprint density at radius 1 is 1.19 bits per heavy atom. The van der Waals surface area contributed by atoms with Crippen LogP contribution in [0.3, 0.4) is 0 Å². The Balaban J connectivity index is 1.78. The lowest BCUT2D eigenvalue weighted by Crippen LogP contribution is -2.36. The number of hydrogen-bond acceptors (Lipinski definition) is 2. The Bertz CT molecular complexity index is 337. The van der Waals surface area contributed by atoms with Gasteiger partial charge in [-0.3, -0.25) is 4.98 Å². The molecule has 1 heterocycles. The van der Waals surface area contributed by atoms with Crippen molar-refractivity contribution in [1.82, 2.24) is 10.3 Å². The number of aromatic nitrogens is 1. The van der Waals surface area contributed by atoms with Crippen LogP contribution < -0.4 is 5.32 Å². The number of pyridine rings is 1. The second kappa shape index (κ2) is 4.17. The third kappa shape index (κ3) is 1.99. The van der Waals surface area contributed by atoms with Gasteiger partial charge in [0.25, 0.3) is 0 Å². The highest BCUT2D eigenvalue weighted by Crippen LogP contribution is 2.40. The van der Waals surface area contributed by atoms with Gasteiger partial charge in [-0.2, -0.15) is 0 Å². The lowest BCUT2D eigenvalue weighted by molar-refractivity contribution is 0.403. The highest BCUT2D eigenvalue weighted by Gasteiger charge is 2.36. The Hall–Kier alpha value is -0.890. The molecule has 1 aromatic rings. The molecule has 1 N–H and O–H groups in total. The summed E-state index contributed by atoms with van der Waals surface area (Å²) in [5.74, 6) is 0. The lowest BCUT2D eigenvalue weighted by Gasteiger charge is -2.30. The minimum absolute atomic E-state index is 0.408. The van der Waals surface area contributed by atoms with E-state index in [9.17, 15) is 0 Å². The van der Waals surface area contributed by atoms with Crippen molar-refractivity contribution in [1.29, 1.82) is 0 Å². The van der Waals surface area contributed by atoms with Crippen LogP contribution in [-0.4, -0.2) is 17.6 Å². The van der Waals surface area contributed by atoms with Crippen LogP contribution in [-0.2, 0) is 5.41 Å². The van der Waals surface area contributed by atoms with Gasteiger partial charge in [0.15, 0.2) is 0 Å². The van der Waals surface area contributed by atoms with E-state index in [-0.39, 0.29) is 0 Å². The SMILES string of the molecule is c1cc(C2(CNC3CC3)CCCC2)ccn1. The Labute approximate surface area is 97.5 Å². The van der Waals surface area contributed by atoms with Crippen molar-refractivity contribution >= 4 is 0 Å². The molecule has 2 fully saturated rings. The van der Waals surface area contributed by atoms with Crippen LogP contribution >= 0.6 is 0 Å². The van der Waals surface area contributed by atoms with Crippen LogP contribution in [0.15, 0.2) is 24.5 Å². The molecule has 86 valence electrons. The first-order valence-electron chi connectivity index (χ1n) is 6.53. The van der Waals surface area contributed by atoms with Gasteiger partial charge in [-0.25, -0.2) is 0 Å². The van der Waals surface area contributed by atoms with E-state index in [1.54, 1.807) is 0 Å². The van der Waals surface area contributed by atoms with Crippen molar-refractivity contribution in [2.24, 2.45) is 0 Å². The molecule has 2 aliphatic rings. The summed E-state index contributed by atoms with van der Waals surface area (Å²) in [4.78, 5) is 4.14. The van der Waals surface area contributed by atoms with Crippen molar-refractivity contribution < 1.29 is 0 Å². The zero-order valence-corrected chi connectivity index (χ0v) is 9.78. The number of nitrogens with one attached hydrogen (secondary N) is 1. The van der Waals surface area contributed by atoms with E-state index in [1.165, 1.54) is 50.6 Å². The van der Waals surface area contributed by atoms with Gasteiger partial charge in [0.1, 0.15) is 0 Å². The van der Waals surface area contributed by atoms with Crippen molar-refractivity contribution in [2.75, 3.05) is 6.54 Å². The summed E-state index contributed by atoms with van der Waals surface area (Å²) in [6.45, 7) is 1.17. The monoisotopic (exact) mass is 216 g/mol. The van der Waals surface area contributed by atoms with Gasteiger partial charge in [-0.15, -0.1) is 0 Å². The minimum Gasteiger partial charge on any atom is -0.313 e. The number of rotatable bonds is 4. The van der Waals surface area contributed by atoms with Gasteiger partial charge in [0, 0.05) is 30.4 Å². The number of hydrogen-bond donors (Lipinski definition) is 1. The van der Waals surface area contributed by atoms with Gasteiger partial charge in [-0.05, 0) is 43.4 Å². The third-order valence-corrected chi connectivity index (χ3v) is 4.16. The molecule has 3 rings (SSSR count). The lowest BCUT2D eigenvalue weighted by atomic mass is 9.79. The topological polar surface area (TPSA) is 24.9 Å². The molecule has 0 spiro atoms. The molecule has 0 amide bonds. The molecule has 0 radical (unpaired) electrons. The average molecular weight is 216 g/mol. The molecule has 0 bridgehead atoms. The summed E-state index contributed by atoms with van der Waals surface area (Å²) in [7, 11) is 0. The zero-order chi connectivity index (χ0) is 10.8. The van der Waals surface area contributed by atoms with Gasteiger partial charge in [-0.1, -0.05) is 12.8 Å². The van der Waals surface area contributed by atoms with E-state index in [2.05, 4.69) is 22.4 Å². The van der Waals surface area contributed by atoms with Crippen LogP contribution in [0.2, 0.25) is 0 Å². The molecule has 2 nitrogen and oxygen atoms in total. The summed E-state index contributed by atoms with van der Waals surface area (Å²) in [6.07, 6.45) is 12.1. The van der Waals surface area contributed by atoms with E-state index >= 15 is 0 Å². The van der Waals surface area contributed by atoms with E-state index in [0.717, 1.165) is 6.04 Å². The molecular weight excluding hydrogens is 196 g/mol. The normalized spacial score (nSPS) is 23.5. The van der Waals surface area contributed by atoms with Crippen molar-refractivity contribution in [2.45, 2.75) is 50.0 Å². The average Bonchev–Trinajstić information content (AvgIpc) is 3.06. The predicted octanol–water partition coefficient (Wildman–Crippen LogP) is 2.65. The summed E-state index contributed by atoms with van der Waals surface area (Å²) in [6, 6.07) is 5.24. The standard InChI is InChI=1S/C14H20N2/c1-2-8-14(7-1,11-16-13-3-4-13)12-5-9-15-10-6-12/h5-6,9-10,13,16H,1-4,7-8,11H2.